The van der Waals surface area contributed by atoms with Crippen LogP contribution in [-0.4, -0.2) is 60.5 Å². The van der Waals surface area contributed by atoms with Gasteiger partial charge in [-0.1, -0.05) is 56.3 Å². The highest BCUT2D eigenvalue weighted by molar-refractivity contribution is 5.88. The van der Waals surface area contributed by atoms with Crippen molar-refractivity contribution in [3.63, 3.8) is 0 Å². The fraction of sp³-hybridized carbons (Fsp3) is 0.438. The van der Waals surface area contributed by atoms with Crippen LogP contribution in [0, 0.1) is 12.7 Å². The number of hydrogen-bond acceptors (Lipinski definition) is 6. The molecule has 6 rings (SSSR count). The van der Waals surface area contributed by atoms with Crippen LogP contribution in [0.5, 0.6) is 0 Å². The van der Waals surface area contributed by atoms with Crippen LogP contribution in [0.1, 0.15) is 49.8 Å². The fourth-order valence-corrected chi connectivity index (χ4v) is 5.56. The highest BCUT2D eigenvalue weighted by Gasteiger charge is 2.41. The van der Waals surface area contributed by atoms with Crippen LogP contribution in [0.3, 0.4) is 0 Å². The molecular weight excluding hydrogens is 505 g/mol. The zero-order chi connectivity index (χ0) is 28.3. The van der Waals surface area contributed by atoms with Crippen molar-refractivity contribution in [3.05, 3.63) is 89.6 Å². The highest BCUT2D eigenvalue weighted by atomic mass is 19.1. The minimum Gasteiger partial charge on any atom is -0.389 e. The van der Waals surface area contributed by atoms with Gasteiger partial charge in [0.15, 0.2) is 0 Å². The van der Waals surface area contributed by atoms with Crippen LogP contribution in [0.4, 0.5) is 10.2 Å². The molecule has 0 radical (unpaired) electrons. The summed E-state index contributed by atoms with van der Waals surface area (Å²) in [7, 11) is 0. The zero-order valence-electron chi connectivity index (χ0n) is 23.7. The van der Waals surface area contributed by atoms with Gasteiger partial charge in [-0.2, -0.15) is 0 Å². The molecule has 2 unspecified atom stereocenters. The maximum atomic E-state index is 14.7. The standard InChI is InChI=1S/C30H34FN5O2.C2H6/c1-21-7-8-23(26(31)15-21)17-36(24-9-10-24)29-25-11-13-35(28(25)32-20-33-29)19-30(38)12-14-34(18-27(30)37)16-22-5-3-2-4-6-22;1-2/h2-8,11,13,15,20,24,27,37-38H,9-10,12,14,16-19H2,1H3;1-2H3. The van der Waals surface area contributed by atoms with E-state index < -0.39 is 11.7 Å². The summed E-state index contributed by atoms with van der Waals surface area (Å²) in [6.45, 7) is 8.41. The maximum Gasteiger partial charge on any atom is 0.145 e. The number of aryl methyl sites for hydroxylation is 1. The number of fused-ring (bicyclic) bond motifs is 1. The Hall–Kier alpha value is -3.33. The molecule has 0 spiro atoms. The number of piperidine rings is 1. The number of rotatable bonds is 8. The van der Waals surface area contributed by atoms with E-state index in [2.05, 4.69) is 31.9 Å². The molecule has 1 aliphatic heterocycles. The third-order valence-corrected chi connectivity index (χ3v) is 7.95. The van der Waals surface area contributed by atoms with Gasteiger partial charge in [0.1, 0.15) is 29.2 Å². The van der Waals surface area contributed by atoms with Crippen molar-refractivity contribution in [3.8, 4) is 0 Å². The second-order valence-electron chi connectivity index (χ2n) is 10.9. The lowest BCUT2D eigenvalue weighted by atomic mass is 9.88. The van der Waals surface area contributed by atoms with Crippen LogP contribution in [-0.2, 0) is 19.6 Å². The average molecular weight is 546 g/mol. The number of halogens is 1. The average Bonchev–Trinajstić information content (AvgIpc) is 3.73. The summed E-state index contributed by atoms with van der Waals surface area (Å²) < 4.78 is 16.6. The SMILES string of the molecule is CC.Cc1ccc(CN(c2ncnc3c2ccn3CC2(O)CCN(Cc3ccccc3)CC2O)C2CC2)c(F)c1. The molecule has 1 saturated heterocycles. The van der Waals surface area contributed by atoms with E-state index in [0.29, 0.717) is 43.3 Å². The molecule has 40 heavy (non-hydrogen) atoms. The number of β-amino-alcohol motifs (C(OH)–C–C–N with tert-alkyl or cyclic N) is 1. The largest absolute Gasteiger partial charge is 0.389 e. The lowest BCUT2D eigenvalue weighted by molar-refractivity contribution is -0.128. The monoisotopic (exact) mass is 545 g/mol. The minimum atomic E-state index is -1.26. The van der Waals surface area contributed by atoms with Gasteiger partial charge in [0.05, 0.1) is 18.0 Å². The molecule has 2 atom stereocenters. The van der Waals surface area contributed by atoms with Gasteiger partial charge in [-0.15, -0.1) is 0 Å². The second kappa shape index (κ2) is 12.0. The number of hydrogen-bond donors (Lipinski definition) is 2. The van der Waals surface area contributed by atoms with Gasteiger partial charge in [0, 0.05) is 44.0 Å². The van der Waals surface area contributed by atoms with E-state index in [9.17, 15) is 14.6 Å². The Kier molecular flexibility index (Phi) is 8.49. The van der Waals surface area contributed by atoms with Crippen molar-refractivity contribution >= 4 is 16.9 Å². The third kappa shape index (κ3) is 6.04. The molecule has 2 fully saturated rings. The second-order valence-corrected chi connectivity index (χ2v) is 10.9. The predicted octanol–water partition coefficient (Wildman–Crippen LogP) is 5.07. The summed E-state index contributed by atoms with van der Waals surface area (Å²) in [5.41, 5.74) is 2.19. The number of nitrogens with zero attached hydrogens (tertiary/aromatic N) is 5. The molecule has 2 aliphatic rings. The van der Waals surface area contributed by atoms with E-state index in [1.165, 1.54) is 11.9 Å². The number of aromatic nitrogens is 3. The Morgan fingerprint density at radius 2 is 1.85 bits per heavy atom. The molecule has 4 aromatic rings. The van der Waals surface area contributed by atoms with Crippen LogP contribution >= 0.6 is 0 Å². The Morgan fingerprint density at radius 1 is 1.07 bits per heavy atom. The third-order valence-electron chi connectivity index (χ3n) is 7.95. The van der Waals surface area contributed by atoms with Gasteiger partial charge in [0.2, 0.25) is 0 Å². The molecule has 8 heteroatoms. The molecule has 1 saturated carbocycles. The van der Waals surface area contributed by atoms with Gasteiger partial charge < -0.3 is 19.7 Å². The summed E-state index contributed by atoms with van der Waals surface area (Å²) in [5.74, 6) is 0.579. The molecule has 2 aromatic carbocycles. The summed E-state index contributed by atoms with van der Waals surface area (Å²) in [6, 6.07) is 17.8. The van der Waals surface area contributed by atoms with Crippen LogP contribution in [0.2, 0.25) is 0 Å². The van der Waals surface area contributed by atoms with Gasteiger partial charge in [0.25, 0.3) is 0 Å². The van der Waals surface area contributed by atoms with Crippen molar-refractivity contribution in [2.75, 3.05) is 18.0 Å². The van der Waals surface area contributed by atoms with Gasteiger partial charge in [-0.05, 0) is 49.4 Å². The normalized spacial score (nSPS) is 21.2. The molecule has 3 heterocycles. The summed E-state index contributed by atoms with van der Waals surface area (Å²) >= 11 is 0. The molecule has 0 bridgehead atoms. The Labute approximate surface area is 235 Å². The molecular formula is C32H40FN5O2. The Bertz CT molecular complexity index is 1420. The Balaban J connectivity index is 0.00000158. The van der Waals surface area contributed by atoms with E-state index in [4.69, 9.17) is 0 Å². The van der Waals surface area contributed by atoms with Crippen molar-refractivity contribution in [2.45, 2.75) is 77.4 Å². The van der Waals surface area contributed by atoms with E-state index >= 15 is 0 Å². The summed E-state index contributed by atoms with van der Waals surface area (Å²) in [4.78, 5) is 13.5. The number of aliphatic hydroxyl groups excluding tert-OH is 1. The van der Waals surface area contributed by atoms with Crippen LogP contribution < -0.4 is 4.90 Å². The summed E-state index contributed by atoms with van der Waals surface area (Å²) in [5, 5.41) is 23.4. The number of benzene rings is 2. The summed E-state index contributed by atoms with van der Waals surface area (Å²) in [6.07, 6.45) is 5.11. The van der Waals surface area contributed by atoms with E-state index in [-0.39, 0.29) is 12.4 Å². The molecule has 0 amide bonds. The maximum absolute atomic E-state index is 14.7. The lowest BCUT2D eigenvalue weighted by Gasteiger charge is -2.42. The first-order chi connectivity index (χ1) is 19.4. The van der Waals surface area contributed by atoms with Crippen LogP contribution in [0.25, 0.3) is 11.0 Å². The van der Waals surface area contributed by atoms with Crippen molar-refractivity contribution in [1.82, 2.24) is 19.4 Å². The zero-order valence-corrected chi connectivity index (χ0v) is 23.7. The molecule has 212 valence electrons. The molecule has 7 nitrogen and oxygen atoms in total. The molecule has 2 aromatic heterocycles. The fourth-order valence-electron chi connectivity index (χ4n) is 5.56. The first-order valence-electron chi connectivity index (χ1n) is 14.4. The quantitative estimate of drug-likeness (QED) is 0.322. The van der Waals surface area contributed by atoms with Crippen molar-refractivity contribution < 1.29 is 14.6 Å². The van der Waals surface area contributed by atoms with Gasteiger partial charge >= 0.3 is 0 Å². The van der Waals surface area contributed by atoms with Crippen molar-refractivity contribution in [2.24, 2.45) is 0 Å². The Morgan fingerprint density at radius 3 is 2.55 bits per heavy atom. The smallest absolute Gasteiger partial charge is 0.145 e. The van der Waals surface area contributed by atoms with E-state index in [0.717, 1.165) is 36.2 Å². The first kappa shape index (κ1) is 28.2. The van der Waals surface area contributed by atoms with E-state index in [1.54, 1.807) is 6.07 Å². The van der Waals surface area contributed by atoms with E-state index in [1.807, 2.05) is 67.9 Å². The lowest BCUT2D eigenvalue weighted by Crippen LogP contribution is -2.57. The molecule has 1 aliphatic carbocycles. The van der Waals surface area contributed by atoms with Crippen molar-refractivity contribution in [1.29, 1.82) is 0 Å². The van der Waals surface area contributed by atoms with Crippen LogP contribution in [0.15, 0.2) is 67.1 Å². The predicted molar refractivity (Wildman–Crippen MR) is 157 cm³/mol. The number of likely N-dealkylation sites (tertiary alicyclic amines) is 1. The highest BCUT2D eigenvalue weighted by Crippen LogP contribution is 2.36. The number of anilines is 1. The topological polar surface area (TPSA) is 77.7 Å². The molecule has 2 N–H and O–H groups in total. The minimum absolute atomic E-state index is 0.201. The van der Waals surface area contributed by atoms with Gasteiger partial charge in [-0.3, -0.25) is 4.90 Å². The van der Waals surface area contributed by atoms with Gasteiger partial charge in [-0.25, -0.2) is 14.4 Å². The number of aliphatic hydroxyl groups is 2. The first-order valence-corrected chi connectivity index (χ1v) is 14.4.